The molecule has 0 radical (unpaired) electrons. The smallest absolute Gasteiger partial charge is 0.217 e. The lowest BCUT2D eigenvalue weighted by Crippen LogP contribution is -2.47. The number of sulfonamides is 1. The number of hydrogen-bond donors (Lipinski definition) is 1. The van der Waals surface area contributed by atoms with Crippen LogP contribution in [0.4, 0.5) is 0 Å². The van der Waals surface area contributed by atoms with Crippen molar-refractivity contribution in [1.29, 1.82) is 0 Å². The molecule has 0 aromatic rings. The molecule has 2 aliphatic heterocycles. The van der Waals surface area contributed by atoms with Gasteiger partial charge in [-0.1, -0.05) is 0 Å². The van der Waals surface area contributed by atoms with E-state index < -0.39 is 10.0 Å². The molecular formula is C13H24N2O3S. The van der Waals surface area contributed by atoms with Gasteiger partial charge >= 0.3 is 0 Å². The van der Waals surface area contributed by atoms with Crippen LogP contribution in [-0.2, 0) is 14.8 Å². The molecule has 2 saturated heterocycles. The molecule has 0 amide bonds. The summed E-state index contributed by atoms with van der Waals surface area (Å²) in [5, 5.41) is 3.19. The van der Waals surface area contributed by atoms with Crippen molar-refractivity contribution in [2.45, 2.75) is 55.9 Å². The van der Waals surface area contributed by atoms with E-state index in [1.54, 1.807) is 0 Å². The van der Waals surface area contributed by atoms with Gasteiger partial charge < -0.3 is 10.1 Å². The van der Waals surface area contributed by atoms with Crippen LogP contribution in [0.15, 0.2) is 0 Å². The Kier molecular flexibility index (Phi) is 4.12. The topological polar surface area (TPSA) is 58.6 Å². The molecule has 1 aliphatic carbocycles. The highest BCUT2D eigenvalue weighted by Crippen LogP contribution is 2.33. The van der Waals surface area contributed by atoms with Gasteiger partial charge in [-0.2, -0.15) is 4.31 Å². The normalized spacial score (nSPS) is 30.1. The Hall–Kier alpha value is -0.170. The monoisotopic (exact) mass is 288 g/mol. The number of ether oxygens (including phenoxy) is 1. The van der Waals surface area contributed by atoms with Gasteiger partial charge in [0.15, 0.2) is 0 Å². The number of nitrogens with one attached hydrogen (secondary N) is 1. The first-order chi connectivity index (χ1) is 9.18. The van der Waals surface area contributed by atoms with Crippen molar-refractivity contribution in [3.63, 3.8) is 0 Å². The first-order valence-electron chi connectivity index (χ1n) is 7.50. The highest BCUT2D eigenvalue weighted by molar-refractivity contribution is 7.89. The Morgan fingerprint density at radius 3 is 2.42 bits per heavy atom. The molecule has 0 bridgehead atoms. The molecule has 5 nitrogen and oxygen atoms in total. The van der Waals surface area contributed by atoms with E-state index in [1.807, 2.05) is 4.31 Å². The van der Waals surface area contributed by atoms with Crippen LogP contribution in [0.2, 0.25) is 0 Å². The third kappa shape index (κ3) is 3.12. The standard InChI is InChI=1S/C13H24N2O3S/c16-19(17,13-5-8-18-9-6-13)15(12-3-4-12)10-11-2-1-7-14-11/h11-14H,1-10H2. The molecule has 6 heteroatoms. The predicted molar refractivity (Wildman–Crippen MR) is 73.5 cm³/mol. The number of rotatable bonds is 5. The van der Waals surface area contributed by atoms with Crippen molar-refractivity contribution >= 4 is 10.0 Å². The molecule has 110 valence electrons. The zero-order valence-electron chi connectivity index (χ0n) is 11.4. The SMILES string of the molecule is O=S(=O)(C1CCOCC1)N(CC1CCCN1)C1CC1. The summed E-state index contributed by atoms with van der Waals surface area (Å²) in [6.45, 7) is 2.87. The first kappa shape index (κ1) is 13.8. The Labute approximate surface area is 115 Å². The molecule has 3 rings (SSSR count). The highest BCUT2D eigenvalue weighted by atomic mass is 32.2. The molecule has 3 aliphatic rings. The average molecular weight is 288 g/mol. The van der Waals surface area contributed by atoms with E-state index in [1.165, 1.54) is 6.42 Å². The second-order valence-electron chi connectivity index (χ2n) is 5.95. The summed E-state index contributed by atoms with van der Waals surface area (Å²) in [5.41, 5.74) is 0. The van der Waals surface area contributed by atoms with Gasteiger partial charge in [-0.25, -0.2) is 8.42 Å². The lowest BCUT2D eigenvalue weighted by molar-refractivity contribution is 0.0970. The van der Waals surface area contributed by atoms with Gasteiger partial charge in [0.1, 0.15) is 0 Å². The summed E-state index contributed by atoms with van der Waals surface area (Å²) >= 11 is 0. The van der Waals surface area contributed by atoms with Crippen molar-refractivity contribution in [3.8, 4) is 0 Å². The predicted octanol–water partition coefficient (Wildman–Crippen LogP) is 0.712. The zero-order chi connectivity index (χ0) is 13.3. The molecule has 0 spiro atoms. The Morgan fingerprint density at radius 2 is 1.84 bits per heavy atom. The van der Waals surface area contributed by atoms with Gasteiger partial charge in [0.05, 0.1) is 5.25 Å². The van der Waals surface area contributed by atoms with Crippen LogP contribution in [0.1, 0.15) is 38.5 Å². The van der Waals surface area contributed by atoms with Crippen molar-refractivity contribution in [2.75, 3.05) is 26.3 Å². The van der Waals surface area contributed by atoms with Crippen molar-refractivity contribution in [1.82, 2.24) is 9.62 Å². The van der Waals surface area contributed by atoms with E-state index in [0.29, 0.717) is 38.6 Å². The second kappa shape index (κ2) is 5.68. The molecule has 1 saturated carbocycles. The number of nitrogens with zero attached hydrogens (tertiary/aromatic N) is 1. The minimum Gasteiger partial charge on any atom is -0.381 e. The van der Waals surface area contributed by atoms with Crippen molar-refractivity contribution < 1.29 is 13.2 Å². The summed E-state index contributed by atoms with van der Waals surface area (Å²) < 4.78 is 32.7. The Balaban J connectivity index is 1.70. The van der Waals surface area contributed by atoms with Gasteiger partial charge in [0.2, 0.25) is 10.0 Å². The third-order valence-corrected chi connectivity index (χ3v) is 6.85. The van der Waals surface area contributed by atoms with Crippen LogP contribution in [0, 0.1) is 0 Å². The van der Waals surface area contributed by atoms with Gasteiger partial charge in [-0.3, -0.25) is 0 Å². The van der Waals surface area contributed by atoms with Crippen LogP contribution in [0.25, 0.3) is 0 Å². The fourth-order valence-corrected chi connectivity index (χ4v) is 5.30. The van der Waals surface area contributed by atoms with Crippen LogP contribution < -0.4 is 5.32 Å². The second-order valence-corrected chi connectivity index (χ2v) is 8.12. The van der Waals surface area contributed by atoms with Crippen molar-refractivity contribution in [2.24, 2.45) is 0 Å². The van der Waals surface area contributed by atoms with Gasteiger partial charge in [0.25, 0.3) is 0 Å². The van der Waals surface area contributed by atoms with E-state index in [-0.39, 0.29) is 11.3 Å². The lowest BCUT2D eigenvalue weighted by atomic mass is 10.2. The van der Waals surface area contributed by atoms with E-state index in [9.17, 15) is 8.42 Å². The van der Waals surface area contributed by atoms with Crippen LogP contribution in [-0.4, -0.2) is 56.4 Å². The van der Waals surface area contributed by atoms with Gasteiger partial charge in [-0.05, 0) is 45.1 Å². The maximum absolute atomic E-state index is 12.8. The summed E-state index contributed by atoms with van der Waals surface area (Å²) in [5.74, 6) is 0. The zero-order valence-corrected chi connectivity index (χ0v) is 12.2. The number of hydrogen-bond acceptors (Lipinski definition) is 4. The molecule has 2 heterocycles. The van der Waals surface area contributed by atoms with E-state index >= 15 is 0 Å². The molecule has 1 atom stereocenters. The fourth-order valence-electron chi connectivity index (χ4n) is 3.12. The molecular weight excluding hydrogens is 264 g/mol. The summed E-state index contributed by atoms with van der Waals surface area (Å²) in [6, 6.07) is 0.630. The van der Waals surface area contributed by atoms with Crippen LogP contribution in [0.5, 0.6) is 0 Å². The molecule has 0 aromatic carbocycles. The van der Waals surface area contributed by atoms with E-state index in [0.717, 1.165) is 25.8 Å². The summed E-state index contributed by atoms with van der Waals surface area (Å²) in [4.78, 5) is 0. The molecule has 0 aromatic heterocycles. The third-order valence-electron chi connectivity index (χ3n) is 4.43. The first-order valence-corrected chi connectivity index (χ1v) is 9.00. The quantitative estimate of drug-likeness (QED) is 0.809. The molecule has 3 fully saturated rings. The minimum absolute atomic E-state index is 0.219. The average Bonchev–Trinajstić information content (AvgIpc) is 3.13. The van der Waals surface area contributed by atoms with Crippen LogP contribution >= 0.6 is 0 Å². The Morgan fingerprint density at radius 1 is 1.11 bits per heavy atom. The van der Waals surface area contributed by atoms with Gasteiger partial charge in [-0.15, -0.1) is 0 Å². The van der Waals surface area contributed by atoms with Crippen LogP contribution in [0.3, 0.4) is 0 Å². The summed E-state index contributed by atoms with van der Waals surface area (Å²) in [6.07, 6.45) is 5.66. The minimum atomic E-state index is -3.14. The molecule has 1 unspecified atom stereocenters. The maximum atomic E-state index is 12.8. The largest absolute Gasteiger partial charge is 0.381 e. The molecule has 1 N–H and O–H groups in total. The lowest BCUT2D eigenvalue weighted by Gasteiger charge is -2.31. The fraction of sp³-hybridized carbons (Fsp3) is 1.00. The maximum Gasteiger partial charge on any atom is 0.217 e. The van der Waals surface area contributed by atoms with Gasteiger partial charge in [0, 0.05) is 31.8 Å². The Bertz CT molecular complexity index is 396. The van der Waals surface area contributed by atoms with E-state index in [4.69, 9.17) is 4.74 Å². The highest BCUT2D eigenvalue weighted by Gasteiger charge is 2.42. The van der Waals surface area contributed by atoms with Crippen molar-refractivity contribution in [3.05, 3.63) is 0 Å². The molecule has 19 heavy (non-hydrogen) atoms. The summed E-state index contributed by atoms with van der Waals surface area (Å²) in [7, 11) is -3.14. The van der Waals surface area contributed by atoms with E-state index in [2.05, 4.69) is 5.32 Å².